The molecular weight excluding hydrogens is 254 g/mol. The predicted molar refractivity (Wildman–Crippen MR) is 79.7 cm³/mol. The molecule has 0 unspecified atom stereocenters. The molecule has 0 aliphatic carbocycles. The second-order valence-corrected chi connectivity index (χ2v) is 4.56. The van der Waals surface area contributed by atoms with Crippen molar-refractivity contribution in [2.75, 3.05) is 20.8 Å². The maximum Gasteiger partial charge on any atom is 0.230 e. The number of methoxy groups -OCH3 is 2. The van der Waals surface area contributed by atoms with Crippen LogP contribution in [0.1, 0.15) is 26.7 Å². The molecule has 1 rings (SSSR count). The zero-order chi connectivity index (χ0) is 15.0. The first kappa shape index (κ1) is 16.1. The predicted octanol–water partition coefficient (Wildman–Crippen LogP) is 3.15. The molecule has 0 fully saturated rings. The van der Waals surface area contributed by atoms with Crippen molar-refractivity contribution in [3.63, 3.8) is 0 Å². The third-order valence-electron chi connectivity index (χ3n) is 3.01. The number of amides is 1. The number of carbonyl (C=O) groups is 1. The van der Waals surface area contributed by atoms with Gasteiger partial charge in [0.2, 0.25) is 5.91 Å². The van der Waals surface area contributed by atoms with E-state index in [9.17, 15) is 4.79 Å². The van der Waals surface area contributed by atoms with Crippen molar-refractivity contribution in [1.82, 2.24) is 4.90 Å². The molecule has 0 N–H and O–H groups in total. The fourth-order valence-electron chi connectivity index (χ4n) is 1.91. The highest BCUT2D eigenvalue weighted by atomic mass is 16.5. The maximum absolute atomic E-state index is 12.2. The molecule has 0 aromatic heterocycles. The summed E-state index contributed by atoms with van der Waals surface area (Å²) in [7, 11) is 3.22. The van der Waals surface area contributed by atoms with Crippen LogP contribution in [-0.2, 0) is 14.3 Å². The molecule has 1 heterocycles. The van der Waals surface area contributed by atoms with Crippen LogP contribution in [0.2, 0.25) is 0 Å². The molecule has 0 bridgehead atoms. The van der Waals surface area contributed by atoms with Gasteiger partial charge in [0.25, 0.3) is 0 Å². The van der Waals surface area contributed by atoms with Crippen LogP contribution in [0.4, 0.5) is 0 Å². The topological polar surface area (TPSA) is 38.8 Å². The molecule has 0 spiro atoms. The minimum atomic E-state index is 0.0964. The van der Waals surface area contributed by atoms with E-state index in [0.717, 1.165) is 29.9 Å². The van der Waals surface area contributed by atoms with Crippen molar-refractivity contribution in [3.05, 3.63) is 47.6 Å². The molecular formula is C16H23NO3. The minimum absolute atomic E-state index is 0.0964. The molecule has 1 amide bonds. The quantitative estimate of drug-likeness (QED) is 0.700. The van der Waals surface area contributed by atoms with Gasteiger partial charge in [-0.1, -0.05) is 6.92 Å². The van der Waals surface area contributed by atoms with E-state index in [2.05, 4.69) is 6.92 Å². The Kier molecular flexibility index (Phi) is 6.64. The number of carbonyl (C=O) groups excluding carboxylic acids is 1. The third kappa shape index (κ3) is 4.61. The molecule has 4 heteroatoms. The fourth-order valence-corrected chi connectivity index (χ4v) is 1.91. The summed E-state index contributed by atoms with van der Waals surface area (Å²) in [6, 6.07) is 0. The second kappa shape index (κ2) is 8.25. The van der Waals surface area contributed by atoms with Gasteiger partial charge in [0.15, 0.2) is 0 Å². The van der Waals surface area contributed by atoms with Crippen LogP contribution in [0.5, 0.6) is 0 Å². The molecule has 1 aliphatic rings. The van der Waals surface area contributed by atoms with Gasteiger partial charge in [0.05, 0.1) is 32.7 Å². The van der Waals surface area contributed by atoms with Gasteiger partial charge in [-0.15, -0.1) is 0 Å². The van der Waals surface area contributed by atoms with Crippen LogP contribution in [0.25, 0.3) is 0 Å². The Morgan fingerprint density at radius 3 is 2.80 bits per heavy atom. The highest BCUT2D eigenvalue weighted by molar-refractivity contribution is 5.82. The van der Waals surface area contributed by atoms with E-state index < -0.39 is 0 Å². The molecule has 0 aromatic carbocycles. The van der Waals surface area contributed by atoms with E-state index in [1.165, 1.54) is 0 Å². The number of ether oxygens (including phenoxy) is 2. The van der Waals surface area contributed by atoms with E-state index in [-0.39, 0.29) is 5.91 Å². The minimum Gasteiger partial charge on any atom is -0.504 e. The van der Waals surface area contributed by atoms with Gasteiger partial charge in [0.1, 0.15) is 0 Å². The first-order valence-corrected chi connectivity index (χ1v) is 6.74. The monoisotopic (exact) mass is 277 g/mol. The SMILES string of the molecule is CCCN1C=CC(/C=C/OC)=C(/C=C(\C)OC)CC1=O. The lowest BCUT2D eigenvalue weighted by atomic mass is 10.0. The Morgan fingerprint density at radius 2 is 2.20 bits per heavy atom. The van der Waals surface area contributed by atoms with Gasteiger partial charge in [-0.05, 0) is 42.7 Å². The van der Waals surface area contributed by atoms with Gasteiger partial charge < -0.3 is 14.4 Å². The van der Waals surface area contributed by atoms with Gasteiger partial charge in [-0.2, -0.15) is 0 Å². The number of allylic oxidation sites excluding steroid dienone is 5. The van der Waals surface area contributed by atoms with Crippen molar-refractivity contribution in [3.8, 4) is 0 Å². The highest BCUT2D eigenvalue weighted by Crippen LogP contribution is 2.21. The summed E-state index contributed by atoms with van der Waals surface area (Å²) in [6.45, 7) is 4.66. The first-order chi connectivity index (χ1) is 9.62. The molecule has 4 nitrogen and oxygen atoms in total. The number of hydrogen-bond acceptors (Lipinski definition) is 3. The van der Waals surface area contributed by atoms with Crippen LogP contribution in [-0.4, -0.2) is 31.6 Å². The van der Waals surface area contributed by atoms with Gasteiger partial charge in [-0.3, -0.25) is 4.79 Å². The Hall–Kier alpha value is -1.97. The van der Waals surface area contributed by atoms with Crippen molar-refractivity contribution >= 4 is 5.91 Å². The maximum atomic E-state index is 12.2. The summed E-state index contributed by atoms with van der Waals surface area (Å²) < 4.78 is 10.1. The Bertz CT molecular complexity index is 458. The van der Waals surface area contributed by atoms with E-state index >= 15 is 0 Å². The van der Waals surface area contributed by atoms with Crippen molar-refractivity contribution < 1.29 is 14.3 Å². The van der Waals surface area contributed by atoms with Crippen LogP contribution in [0, 0.1) is 0 Å². The summed E-state index contributed by atoms with van der Waals surface area (Å²) in [5.41, 5.74) is 1.88. The molecule has 20 heavy (non-hydrogen) atoms. The Balaban J connectivity index is 3.12. The number of hydrogen-bond donors (Lipinski definition) is 0. The molecule has 1 aliphatic heterocycles. The van der Waals surface area contributed by atoms with Crippen LogP contribution in [0.15, 0.2) is 47.6 Å². The van der Waals surface area contributed by atoms with Crippen molar-refractivity contribution in [2.45, 2.75) is 26.7 Å². The third-order valence-corrected chi connectivity index (χ3v) is 3.01. The van der Waals surface area contributed by atoms with Crippen LogP contribution < -0.4 is 0 Å². The second-order valence-electron chi connectivity index (χ2n) is 4.56. The van der Waals surface area contributed by atoms with E-state index in [1.807, 2.05) is 31.4 Å². The first-order valence-electron chi connectivity index (χ1n) is 6.74. The van der Waals surface area contributed by atoms with Gasteiger partial charge in [0, 0.05) is 12.7 Å². The van der Waals surface area contributed by atoms with Gasteiger partial charge in [-0.25, -0.2) is 0 Å². The smallest absolute Gasteiger partial charge is 0.230 e. The molecule has 110 valence electrons. The molecule has 0 aromatic rings. The Labute approximate surface area is 121 Å². The molecule has 0 saturated heterocycles. The normalized spacial score (nSPS) is 16.9. The van der Waals surface area contributed by atoms with Crippen molar-refractivity contribution in [2.24, 2.45) is 0 Å². The number of rotatable bonds is 6. The highest BCUT2D eigenvalue weighted by Gasteiger charge is 2.16. The van der Waals surface area contributed by atoms with Crippen LogP contribution in [0.3, 0.4) is 0 Å². The summed E-state index contributed by atoms with van der Waals surface area (Å²) in [4.78, 5) is 14.0. The lowest BCUT2D eigenvalue weighted by Gasteiger charge is -2.15. The summed E-state index contributed by atoms with van der Waals surface area (Å²) in [5.74, 6) is 0.868. The summed E-state index contributed by atoms with van der Waals surface area (Å²) >= 11 is 0. The standard InChI is InChI=1S/C16H23NO3/c1-5-8-17-9-6-14(7-10-19-3)15(12-16(17)18)11-13(2)20-4/h6-7,9-11H,5,8,12H2,1-4H3/b10-7+,13-11+. The Morgan fingerprint density at radius 1 is 1.45 bits per heavy atom. The molecule has 0 atom stereocenters. The van der Waals surface area contributed by atoms with E-state index in [4.69, 9.17) is 9.47 Å². The van der Waals surface area contributed by atoms with Crippen molar-refractivity contribution in [1.29, 1.82) is 0 Å². The molecule has 0 radical (unpaired) electrons. The lowest BCUT2D eigenvalue weighted by Crippen LogP contribution is -2.25. The zero-order valence-electron chi connectivity index (χ0n) is 12.7. The van der Waals surface area contributed by atoms with E-state index in [0.29, 0.717) is 6.42 Å². The average Bonchev–Trinajstić information content (AvgIpc) is 2.57. The number of nitrogens with zero attached hydrogens (tertiary/aromatic N) is 1. The van der Waals surface area contributed by atoms with Crippen LogP contribution >= 0.6 is 0 Å². The average molecular weight is 277 g/mol. The fraction of sp³-hybridized carbons (Fsp3) is 0.438. The zero-order valence-corrected chi connectivity index (χ0v) is 12.7. The largest absolute Gasteiger partial charge is 0.504 e. The summed E-state index contributed by atoms with van der Waals surface area (Å²) in [5, 5.41) is 0. The molecule has 0 saturated carbocycles. The van der Waals surface area contributed by atoms with Gasteiger partial charge >= 0.3 is 0 Å². The lowest BCUT2D eigenvalue weighted by molar-refractivity contribution is -0.127. The van der Waals surface area contributed by atoms with E-state index in [1.54, 1.807) is 25.4 Å². The summed E-state index contributed by atoms with van der Waals surface area (Å²) in [6.07, 6.45) is 10.4.